The molecule has 2 rings (SSSR count). The fraction of sp³-hybridized carbons (Fsp3) is 0.471. The number of hydrogen-bond acceptors (Lipinski definition) is 4. The van der Waals surface area contributed by atoms with Crippen molar-refractivity contribution in [2.45, 2.75) is 20.3 Å². The van der Waals surface area contributed by atoms with Gasteiger partial charge in [-0.1, -0.05) is 13.8 Å². The Morgan fingerprint density at radius 1 is 1.21 bits per heavy atom. The van der Waals surface area contributed by atoms with Crippen LogP contribution in [0.15, 0.2) is 18.2 Å². The molecule has 1 aromatic rings. The average molecular weight is 333 g/mol. The number of nitrogens with zero attached hydrogens (tertiary/aromatic N) is 1. The third-order valence-electron chi connectivity index (χ3n) is 3.63. The molecule has 0 atom stereocenters. The minimum absolute atomic E-state index is 0.304. The minimum Gasteiger partial charge on any atom is -0.385 e. The first-order valence-electron chi connectivity index (χ1n) is 7.98. The van der Waals surface area contributed by atoms with Crippen LogP contribution in [0.3, 0.4) is 0 Å². The van der Waals surface area contributed by atoms with Crippen molar-refractivity contribution in [3.63, 3.8) is 0 Å². The largest absolute Gasteiger partial charge is 0.385 e. The van der Waals surface area contributed by atoms with Gasteiger partial charge in [0.2, 0.25) is 0 Å². The van der Waals surface area contributed by atoms with Gasteiger partial charge in [-0.15, -0.1) is 0 Å². The van der Waals surface area contributed by atoms with Gasteiger partial charge in [0, 0.05) is 32.5 Å². The molecule has 0 aliphatic carbocycles. The number of urea groups is 1. The van der Waals surface area contributed by atoms with E-state index >= 15 is 0 Å². The molecule has 0 unspecified atom stereocenters. The molecule has 0 radical (unpaired) electrons. The van der Waals surface area contributed by atoms with Crippen molar-refractivity contribution in [1.82, 2.24) is 10.2 Å². The van der Waals surface area contributed by atoms with Crippen LogP contribution in [0.2, 0.25) is 0 Å². The number of hydrogen-bond donors (Lipinski definition) is 2. The summed E-state index contributed by atoms with van der Waals surface area (Å²) >= 11 is 0. The summed E-state index contributed by atoms with van der Waals surface area (Å²) in [5.41, 5.74) is 1.17. The van der Waals surface area contributed by atoms with Crippen LogP contribution in [-0.4, -0.2) is 49.6 Å². The molecule has 0 bridgehead atoms. The number of fused-ring (bicyclic) bond motifs is 1. The summed E-state index contributed by atoms with van der Waals surface area (Å²) in [6.45, 7) is 5.35. The van der Waals surface area contributed by atoms with E-state index in [-0.39, 0.29) is 17.8 Å². The lowest BCUT2D eigenvalue weighted by molar-refractivity contribution is 0.0638. The van der Waals surface area contributed by atoms with Crippen molar-refractivity contribution in [3.05, 3.63) is 29.3 Å². The topological polar surface area (TPSA) is 87.7 Å². The van der Waals surface area contributed by atoms with Gasteiger partial charge in [0.05, 0.1) is 11.1 Å². The second-order valence-corrected chi connectivity index (χ2v) is 6.10. The first-order chi connectivity index (χ1) is 11.4. The molecule has 7 nitrogen and oxygen atoms in total. The fourth-order valence-electron chi connectivity index (χ4n) is 2.41. The Hall–Kier alpha value is -2.41. The summed E-state index contributed by atoms with van der Waals surface area (Å²) in [4.78, 5) is 37.7. The molecule has 0 saturated heterocycles. The molecule has 1 heterocycles. The summed E-state index contributed by atoms with van der Waals surface area (Å²) < 4.78 is 4.95. The second-order valence-electron chi connectivity index (χ2n) is 6.10. The zero-order chi connectivity index (χ0) is 17.7. The molecule has 0 spiro atoms. The lowest BCUT2D eigenvalue weighted by Crippen LogP contribution is -2.31. The minimum atomic E-state index is -0.336. The molecule has 0 aromatic heterocycles. The second kappa shape index (κ2) is 7.92. The number of methoxy groups -OCH3 is 1. The maximum absolute atomic E-state index is 12.4. The van der Waals surface area contributed by atoms with Crippen molar-refractivity contribution < 1.29 is 19.1 Å². The van der Waals surface area contributed by atoms with E-state index in [0.29, 0.717) is 48.8 Å². The van der Waals surface area contributed by atoms with Crippen LogP contribution in [0.5, 0.6) is 0 Å². The number of rotatable bonds is 7. The standard InChI is InChI=1S/C17H23N3O4/c1-11(2)10-18-17(23)19-12-5-6-13-14(9-12)16(22)20(15(13)21)7-4-8-24-3/h5-6,9,11H,4,7-8,10H2,1-3H3,(H2,18,19,23). The Bertz CT molecular complexity index is 643. The lowest BCUT2D eigenvalue weighted by Gasteiger charge is -2.12. The predicted octanol–water partition coefficient (Wildman–Crippen LogP) is 2.10. The normalized spacial score (nSPS) is 13.4. The van der Waals surface area contributed by atoms with Gasteiger partial charge in [0.15, 0.2) is 0 Å². The zero-order valence-electron chi connectivity index (χ0n) is 14.2. The van der Waals surface area contributed by atoms with E-state index in [1.54, 1.807) is 25.3 Å². The van der Waals surface area contributed by atoms with Crippen LogP contribution >= 0.6 is 0 Å². The monoisotopic (exact) mass is 333 g/mol. The third kappa shape index (κ3) is 4.11. The molecule has 4 amide bonds. The SMILES string of the molecule is COCCCN1C(=O)c2ccc(NC(=O)NCC(C)C)cc2C1=O. The molecular formula is C17H23N3O4. The van der Waals surface area contributed by atoms with Crippen LogP contribution in [0.1, 0.15) is 41.0 Å². The summed E-state index contributed by atoms with van der Waals surface area (Å²) in [6, 6.07) is 4.40. The van der Waals surface area contributed by atoms with Gasteiger partial charge in [-0.05, 0) is 30.5 Å². The van der Waals surface area contributed by atoms with Crippen molar-refractivity contribution in [2.24, 2.45) is 5.92 Å². The summed E-state index contributed by atoms with van der Waals surface area (Å²) in [6.07, 6.45) is 0.588. The maximum atomic E-state index is 12.4. The van der Waals surface area contributed by atoms with E-state index in [1.165, 1.54) is 4.90 Å². The smallest absolute Gasteiger partial charge is 0.319 e. The van der Waals surface area contributed by atoms with E-state index in [9.17, 15) is 14.4 Å². The van der Waals surface area contributed by atoms with E-state index in [1.807, 2.05) is 13.8 Å². The number of ether oxygens (including phenoxy) is 1. The predicted molar refractivity (Wildman–Crippen MR) is 90.2 cm³/mol. The Balaban J connectivity index is 2.06. The Labute approximate surface area is 141 Å². The van der Waals surface area contributed by atoms with Crippen LogP contribution < -0.4 is 10.6 Å². The van der Waals surface area contributed by atoms with Gasteiger partial charge in [0.25, 0.3) is 11.8 Å². The molecule has 24 heavy (non-hydrogen) atoms. The molecule has 0 fully saturated rings. The summed E-state index contributed by atoms with van der Waals surface area (Å²) in [5.74, 6) is -0.296. The first kappa shape index (κ1) is 17.9. The third-order valence-corrected chi connectivity index (χ3v) is 3.63. The number of anilines is 1. The van der Waals surface area contributed by atoms with Gasteiger partial charge in [-0.25, -0.2) is 4.79 Å². The van der Waals surface area contributed by atoms with E-state index in [0.717, 1.165) is 0 Å². The van der Waals surface area contributed by atoms with Crippen LogP contribution in [-0.2, 0) is 4.74 Å². The molecule has 1 aliphatic rings. The Kier molecular flexibility index (Phi) is 5.92. The van der Waals surface area contributed by atoms with Crippen molar-refractivity contribution in [2.75, 3.05) is 32.1 Å². The van der Waals surface area contributed by atoms with E-state index in [4.69, 9.17) is 4.74 Å². The number of nitrogens with one attached hydrogen (secondary N) is 2. The summed E-state index contributed by atoms with van der Waals surface area (Å²) in [5, 5.41) is 5.41. The van der Waals surface area contributed by atoms with Crippen molar-refractivity contribution in [1.29, 1.82) is 0 Å². The fourth-order valence-corrected chi connectivity index (χ4v) is 2.41. The number of carbonyl (C=O) groups is 3. The van der Waals surface area contributed by atoms with Gasteiger partial charge < -0.3 is 15.4 Å². The Morgan fingerprint density at radius 2 is 1.92 bits per heavy atom. The lowest BCUT2D eigenvalue weighted by atomic mass is 10.1. The highest BCUT2D eigenvalue weighted by Gasteiger charge is 2.35. The van der Waals surface area contributed by atoms with Crippen LogP contribution in [0.25, 0.3) is 0 Å². The highest BCUT2D eigenvalue weighted by molar-refractivity contribution is 6.21. The van der Waals surface area contributed by atoms with E-state index in [2.05, 4.69) is 10.6 Å². The quantitative estimate of drug-likeness (QED) is 0.591. The van der Waals surface area contributed by atoms with Crippen molar-refractivity contribution in [3.8, 4) is 0 Å². The first-order valence-corrected chi connectivity index (χ1v) is 7.98. The van der Waals surface area contributed by atoms with Crippen LogP contribution in [0.4, 0.5) is 10.5 Å². The highest BCUT2D eigenvalue weighted by Crippen LogP contribution is 2.26. The maximum Gasteiger partial charge on any atom is 0.319 e. The molecule has 1 aromatic carbocycles. The highest BCUT2D eigenvalue weighted by atomic mass is 16.5. The van der Waals surface area contributed by atoms with Gasteiger partial charge >= 0.3 is 6.03 Å². The number of carbonyl (C=O) groups excluding carboxylic acids is 3. The molecule has 7 heteroatoms. The average Bonchev–Trinajstić information content (AvgIpc) is 2.78. The zero-order valence-corrected chi connectivity index (χ0v) is 14.2. The Morgan fingerprint density at radius 3 is 2.58 bits per heavy atom. The van der Waals surface area contributed by atoms with Crippen LogP contribution in [0, 0.1) is 5.92 Å². The summed E-state index contributed by atoms with van der Waals surface area (Å²) in [7, 11) is 1.57. The molecule has 0 saturated carbocycles. The van der Waals surface area contributed by atoms with Crippen molar-refractivity contribution >= 4 is 23.5 Å². The van der Waals surface area contributed by atoms with Gasteiger partial charge in [-0.2, -0.15) is 0 Å². The van der Waals surface area contributed by atoms with Gasteiger partial charge in [0.1, 0.15) is 0 Å². The number of amides is 4. The molecule has 2 N–H and O–H groups in total. The molecule has 1 aliphatic heterocycles. The van der Waals surface area contributed by atoms with Gasteiger partial charge in [-0.3, -0.25) is 14.5 Å². The molecule has 130 valence electrons. The molecular weight excluding hydrogens is 310 g/mol. The van der Waals surface area contributed by atoms with E-state index < -0.39 is 0 Å². The number of imide groups is 1. The number of benzene rings is 1.